The molecule has 0 N–H and O–H groups in total. The van der Waals surface area contributed by atoms with E-state index in [4.69, 9.17) is 4.74 Å². The van der Waals surface area contributed by atoms with Crippen molar-refractivity contribution in [1.82, 2.24) is 4.90 Å². The molecule has 1 heterocycles. The number of rotatable bonds is 7. The maximum Gasteiger partial charge on any atom is 0.260 e. The van der Waals surface area contributed by atoms with Crippen molar-refractivity contribution in [3.05, 3.63) is 52.2 Å². The van der Waals surface area contributed by atoms with Crippen LogP contribution >= 0.6 is 11.3 Å². The number of benzene rings is 1. The molecular formula is C18H21NO2S. The van der Waals surface area contributed by atoms with E-state index >= 15 is 0 Å². The van der Waals surface area contributed by atoms with Gasteiger partial charge in [-0.3, -0.25) is 4.79 Å². The van der Waals surface area contributed by atoms with E-state index in [0.29, 0.717) is 6.04 Å². The fourth-order valence-electron chi connectivity index (χ4n) is 2.45. The molecule has 1 aromatic carbocycles. The van der Waals surface area contributed by atoms with Crippen LogP contribution in [0.3, 0.4) is 0 Å². The maximum atomic E-state index is 12.4. The topological polar surface area (TPSA) is 29.5 Å². The number of nitrogens with zero attached hydrogens (tertiary/aromatic N) is 1. The summed E-state index contributed by atoms with van der Waals surface area (Å²) in [5.41, 5.74) is 1.19. The third kappa shape index (κ3) is 4.10. The molecule has 3 rings (SSSR count). The summed E-state index contributed by atoms with van der Waals surface area (Å²) in [6.07, 6.45) is 3.19. The minimum Gasteiger partial charge on any atom is -0.484 e. The lowest BCUT2D eigenvalue weighted by molar-refractivity contribution is -0.133. The first kappa shape index (κ1) is 15.1. The van der Waals surface area contributed by atoms with E-state index in [0.717, 1.165) is 31.6 Å². The lowest BCUT2D eigenvalue weighted by Gasteiger charge is -2.22. The number of carbonyl (C=O) groups is 1. The van der Waals surface area contributed by atoms with Gasteiger partial charge in [-0.25, -0.2) is 0 Å². The Bertz CT molecular complexity index is 603. The van der Waals surface area contributed by atoms with E-state index in [9.17, 15) is 4.79 Å². The lowest BCUT2D eigenvalue weighted by Crippen LogP contribution is -2.38. The molecule has 3 nitrogen and oxygen atoms in total. The van der Waals surface area contributed by atoms with Crippen molar-refractivity contribution in [3.8, 4) is 5.75 Å². The smallest absolute Gasteiger partial charge is 0.260 e. The van der Waals surface area contributed by atoms with Crippen LogP contribution in [0, 0.1) is 6.92 Å². The monoisotopic (exact) mass is 315 g/mol. The molecule has 0 radical (unpaired) electrons. The SMILES string of the molecule is Cc1ccc(OCC(=O)N(CCc2cccs2)C2CC2)cc1. The zero-order chi connectivity index (χ0) is 15.4. The highest BCUT2D eigenvalue weighted by atomic mass is 32.1. The van der Waals surface area contributed by atoms with Gasteiger partial charge in [0.2, 0.25) is 0 Å². The van der Waals surface area contributed by atoms with E-state index in [1.54, 1.807) is 11.3 Å². The first-order valence-corrected chi connectivity index (χ1v) is 8.61. The van der Waals surface area contributed by atoms with E-state index < -0.39 is 0 Å². The standard InChI is InChI=1S/C18H21NO2S/c1-14-4-8-16(9-5-14)21-13-18(20)19(15-6-7-15)11-10-17-3-2-12-22-17/h2-5,8-9,12,15H,6-7,10-11,13H2,1H3. The number of thiophene rings is 1. The van der Waals surface area contributed by atoms with Crippen LogP contribution in [0.25, 0.3) is 0 Å². The highest BCUT2D eigenvalue weighted by Crippen LogP contribution is 2.27. The third-order valence-corrected chi connectivity index (χ3v) is 4.81. The number of hydrogen-bond donors (Lipinski definition) is 0. The number of amides is 1. The van der Waals surface area contributed by atoms with Crippen LogP contribution in [0.4, 0.5) is 0 Å². The molecule has 0 unspecified atom stereocenters. The number of aryl methyl sites for hydroxylation is 1. The summed E-state index contributed by atoms with van der Waals surface area (Å²) in [7, 11) is 0. The molecule has 2 aromatic rings. The Morgan fingerprint density at radius 3 is 2.68 bits per heavy atom. The molecule has 1 aliphatic carbocycles. The van der Waals surface area contributed by atoms with Gasteiger partial charge in [0.25, 0.3) is 5.91 Å². The highest BCUT2D eigenvalue weighted by molar-refractivity contribution is 7.09. The zero-order valence-electron chi connectivity index (χ0n) is 12.8. The second kappa shape index (κ2) is 6.97. The van der Waals surface area contributed by atoms with Gasteiger partial charge in [-0.1, -0.05) is 23.8 Å². The van der Waals surface area contributed by atoms with Gasteiger partial charge in [-0.05, 0) is 49.8 Å². The minimum atomic E-state index is 0.0969. The van der Waals surface area contributed by atoms with Crippen LogP contribution in [0.1, 0.15) is 23.3 Å². The largest absolute Gasteiger partial charge is 0.484 e. The fraction of sp³-hybridized carbons (Fsp3) is 0.389. The first-order chi connectivity index (χ1) is 10.7. The second-order valence-corrected chi connectivity index (χ2v) is 6.78. The van der Waals surface area contributed by atoms with Gasteiger partial charge < -0.3 is 9.64 Å². The van der Waals surface area contributed by atoms with Crippen LogP contribution in [0.5, 0.6) is 5.75 Å². The first-order valence-electron chi connectivity index (χ1n) is 7.74. The van der Waals surface area contributed by atoms with Gasteiger partial charge in [-0.2, -0.15) is 0 Å². The minimum absolute atomic E-state index is 0.0969. The molecule has 1 saturated carbocycles. The van der Waals surface area contributed by atoms with Crippen LogP contribution in [0.15, 0.2) is 41.8 Å². The summed E-state index contributed by atoms with van der Waals surface area (Å²) in [5, 5.41) is 2.08. The van der Waals surface area contributed by atoms with Crippen LogP contribution in [0.2, 0.25) is 0 Å². The molecule has 0 bridgehead atoms. The normalized spacial score (nSPS) is 13.9. The molecule has 4 heteroatoms. The van der Waals surface area contributed by atoms with E-state index in [2.05, 4.69) is 17.5 Å². The second-order valence-electron chi connectivity index (χ2n) is 5.75. The van der Waals surface area contributed by atoms with Crippen molar-refractivity contribution in [2.45, 2.75) is 32.2 Å². The molecule has 1 aliphatic rings. The number of ether oxygens (including phenoxy) is 1. The predicted octanol–water partition coefficient (Wildman–Crippen LogP) is 3.67. The number of hydrogen-bond acceptors (Lipinski definition) is 3. The van der Waals surface area contributed by atoms with E-state index in [1.807, 2.05) is 36.1 Å². The van der Waals surface area contributed by atoms with Crippen LogP contribution in [-0.4, -0.2) is 30.0 Å². The Kier molecular flexibility index (Phi) is 4.78. The Morgan fingerprint density at radius 2 is 2.05 bits per heavy atom. The van der Waals surface area contributed by atoms with Gasteiger partial charge in [0, 0.05) is 17.5 Å². The van der Waals surface area contributed by atoms with Crippen molar-refractivity contribution in [1.29, 1.82) is 0 Å². The highest BCUT2D eigenvalue weighted by Gasteiger charge is 2.32. The lowest BCUT2D eigenvalue weighted by atomic mass is 10.2. The fourth-order valence-corrected chi connectivity index (χ4v) is 3.14. The summed E-state index contributed by atoms with van der Waals surface area (Å²) in [6, 6.07) is 12.4. The molecule has 0 atom stereocenters. The van der Waals surface area contributed by atoms with Gasteiger partial charge in [-0.15, -0.1) is 11.3 Å². The van der Waals surface area contributed by atoms with Crippen molar-refractivity contribution in [2.75, 3.05) is 13.2 Å². The summed E-state index contributed by atoms with van der Waals surface area (Å²) < 4.78 is 5.63. The van der Waals surface area contributed by atoms with Crippen LogP contribution < -0.4 is 4.74 Å². The summed E-state index contributed by atoms with van der Waals surface area (Å²) >= 11 is 1.75. The third-order valence-electron chi connectivity index (χ3n) is 3.87. The Labute approximate surface area is 135 Å². The number of carbonyl (C=O) groups excluding carboxylic acids is 1. The van der Waals surface area contributed by atoms with Gasteiger partial charge in [0.05, 0.1) is 0 Å². The van der Waals surface area contributed by atoms with Crippen molar-refractivity contribution in [3.63, 3.8) is 0 Å². The summed E-state index contributed by atoms with van der Waals surface area (Å²) in [6.45, 7) is 2.96. The van der Waals surface area contributed by atoms with E-state index in [-0.39, 0.29) is 12.5 Å². The molecule has 1 amide bonds. The van der Waals surface area contributed by atoms with Crippen molar-refractivity contribution >= 4 is 17.2 Å². The van der Waals surface area contributed by atoms with Gasteiger partial charge in [0.1, 0.15) is 5.75 Å². The van der Waals surface area contributed by atoms with Crippen LogP contribution in [-0.2, 0) is 11.2 Å². The van der Waals surface area contributed by atoms with Crippen molar-refractivity contribution < 1.29 is 9.53 Å². The van der Waals surface area contributed by atoms with E-state index in [1.165, 1.54) is 10.4 Å². The molecule has 0 aliphatic heterocycles. The Balaban J connectivity index is 1.52. The Hall–Kier alpha value is -1.81. The summed E-state index contributed by atoms with van der Waals surface area (Å²) in [5.74, 6) is 0.854. The summed E-state index contributed by atoms with van der Waals surface area (Å²) in [4.78, 5) is 15.8. The molecule has 22 heavy (non-hydrogen) atoms. The molecular weight excluding hydrogens is 294 g/mol. The van der Waals surface area contributed by atoms with Gasteiger partial charge >= 0.3 is 0 Å². The molecule has 0 spiro atoms. The maximum absolute atomic E-state index is 12.4. The molecule has 116 valence electrons. The Morgan fingerprint density at radius 1 is 1.27 bits per heavy atom. The average Bonchev–Trinajstić information content (AvgIpc) is 3.22. The average molecular weight is 315 g/mol. The zero-order valence-corrected chi connectivity index (χ0v) is 13.6. The van der Waals surface area contributed by atoms with Crippen molar-refractivity contribution in [2.24, 2.45) is 0 Å². The molecule has 1 aromatic heterocycles. The molecule has 1 fully saturated rings. The van der Waals surface area contributed by atoms with Gasteiger partial charge in [0.15, 0.2) is 6.61 Å². The quantitative estimate of drug-likeness (QED) is 0.780. The predicted molar refractivity (Wildman–Crippen MR) is 89.4 cm³/mol. The molecule has 0 saturated heterocycles.